The monoisotopic (exact) mass is 381 g/mol. The molecule has 0 bridgehead atoms. The minimum Gasteiger partial charge on any atom is -0.212 e. The summed E-state index contributed by atoms with van der Waals surface area (Å²) in [5, 5.41) is 2.33. The van der Waals surface area contributed by atoms with Crippen LogP contribution in [0.3, 0.4) is 0 Å². The smallest absolute Gasteiger partial charge is 0.0852 e. The molecule has 138 valence electrons. The zero-order chi connectivity index (χ0) is 19.8. The van der Waals surface area contributed by atoms with E-state index in [9.17, 15) is 0 Å². The van der Waals surface area contributed by atoms with Crippen molar-refractivity contribution in [3.8, 4) is 0 Å². The fourth-order valence-corrected chi connectivity index (χ4v) is 4.17. The van der Waals surface area contributed by atoms with E-state index in [2.05, 4.69) is 85.1 Å². The first-order valence-corrected chi connectivity index (χ1v) is 9.89. The molecule has 0 aromatic heterocycles. The van der Waals surface area contributed by atoms with Crippen molar-refractivity contribution >= 4 is 30.2 Å². The number of rotatable bonds is 4. The lowest BCUT2D eigenvalue weighted by Gasteiger charge is -2.23. The number of nitrogens with zero attached hydrogens (tertiary/aromatic N) is 1. The van der Waals surface area contributed by atoms with E-state index >= 15 is 0 Å². The molecule has 3 aromatic carbocycles. The minimum atomic E-state index is -0.00759. The van der Waals surface area contributed by atoms with Gasteiger partial charge in [0.25, 0.3) is 0 Å². The minimum absolute atomic E-state index is 0.00759. The van der Waals surface area contributed by atoms with E-state index in [4.69, 9.17) is 12.4 Å². The summed E-state index contributed by atoms with van der Waals surface area (Å²) < 4.78 is 4.02. The van der Waals surface area contributed by atoms with Crippen LogP contribution in [0.5, 0.6) is 0 Å². The second kappa shape index (κ2) is 7.29. The van der Waals surface area contributed by atoms with Crippen LogP contribution in [0.1, 0.15) is 53.3 Å². The van der Waals surface area contributed by atoms with Gasteiger partial charge in [-0.15, -0.1) is 0 Å². The van der Waals surface area contributed by atoms with Crippen LogP contribution in [0, 0.1) is 0 Å². The van der Waals surface area contributed by atoms with Gasteiger partial charge in [0.05, 0.1) is 6.04 Å². The Morgan fingerprint density at radius 2 is 1.79 bits per heavy atom. The Labute approximate surface area is 171 Å². The predicted molar refractivity (Wildman–Crippen MR) is 121 cm³/mol. The van der Waals surface area contributed by atoms with Crippen LogP contribution in [0.4, 0.5) is 0 Å². The van der Waals surface area contributed by atoms with Crippen LogP contribution >= 0.6 is 0 Å². The highest BCUT2D eigenvalue weighted by Gasteiger charge is 2.21. The molecule has 3 aromatic rings. The van der Waals surface area contributed by atoms with Crippen molar-refractivity contribution in [1.29, 1.82) is 0 Å². The molecule has 0 fully saturated rings. The van der Waals surface area contributed by atoms with Gasteiger partial charge in [-0.25, -0.2) is 4.36 Å². The molecule has 0 radical (unpaired) electrons. The van der Waals surface area contributed by atoms with Gasteiger partial charge in [-0.2, -0.15) is 0 Å². The van der Waals surface area contributed by atoms with Crippen molar-refractivity contribution in [2.45, 2.75) is 26.3 Å². The molecule has 2 heteroatoms. The van der Waals surface area contributed by atoms with Crippen molar-refractivity contribution in [1.82, 2.24) is 0 Å². The first-order chi connectivity index (χ1) is 13.5. The maximum atomic E-state index is 4.93. The standard InChI is InChI=1S/C26H23NS/c1-16(2)25-15-19(18(4)27-28)10-12-24(25)26-22-8-6-5-7-20(22)14-21-13-17(3)9-11-23(21)26/h5-13,15,18H,1,3,14H2,2,4H3. The lowest BCUT2D eigenvalue weighted by molar-refractivity contribution is 0.836. The average molecular weight is 382 g/mol. The van der Waals surface area contributed by atoms with Gasteiger partial charge in [-0.3, -0.25) is 0 Å². The van der Waals surface area contributed by atoms with Gasteiger partial charge in [-0.1, -0.05) is 73.3 Å². The molecule has 1 atom stereocenters. The third-order valence-corrected chi connectivity index (χ3v) is 5.84. The second-order valence-electron chi connectivity index (χ2n) is 7.57. The van der Waals surface area contributed by atoms with Crippen LogP contribution in [0.15, 0.2) is 71.6 Å². The Bertz CT molecular complexity index is 1220. The van der Waals surface area contributed by atoms with E-state index in [1.807, 2.05) is 6.92 Å². The predicted octanol–water partition coefficient (Wildman–Crippen LogP) is 5.07. The molecule has 1 unspecified atom stereocenters. The molecule has 0 amide bonds. The number of fused-ring (bicyclic) bond motifs is 2. The number of benzene rings is 3. The van der Waals surface area contributed by atoms with Crippen molar-refractivity contribution in [3.63, 3.8) is 0 Å². The third-order valence-electron chi connectivity index (χ3n) is 5.52. The quantitative estimate of drug-likeness (QED) is 0.481. The van der Waals surface area contributed by atoms with Crippen molar-refractivity contribution < 1.29 is 0 Å². The number of hydrogen-bond acceptors (Lipinski definition) is 2. The van der Waals surface area contributed by atoms with Crippen molar-refractivity contribution in [2.75, 3.05) is 0 Å². The summed E-state index contributed by atoms with van der Waals surface area (Å²) >= 11 is 4.93. The molecule has 0 N–H and O–H groups in total. The highest BCUT2D eigenvalue weighted by atomic mass is 32.1. The molecule has 4 rings (SSSR count). The molecular weight excluding hydrogens is 358 g/mol. The van der Waals surface area contributed by atoms with Gasteiger partial charge in [0.15, 0.2) is 0 Å². The SMILES string of the molecule is C=C(C)c1cc(C(C)N=S)ccc1C1=c2ccc(=C)cc2Cc2ccccc21. The largest absolute Gasteiger partial charge is 0.212 e. The normalized spacial score (nSPS) is 13.4. The summed E-state index contributed by atoms with van der Waals surface area (Å²) in [6, 6.07) is 21.7. The molecule has 0 spiro atoms. The summed E-state index contributed by atoms with van der Waals surface area (Å²) in [6.45, 7) is 12.5. The topological polar surface area (TPSA) is 12.4 Å². The fraction of sp³-hybridized carbons (Fsp3) is 0.154. The molecular formula is C26H23NS. The van der Waals surface area contributed by atoms with Gasteiger partial charge in [0.2, 0.25) is 0 Å². The van der Waals surface area contributed by atoms with Crippen LogP contribution in [0.25, 0.3) is 17.7 Å². The second-order valence-corrected chi connectivity index (χ2v) is 7.78. The first kappa shape index (κ1) is 18.5. The summed E-state index contributed by atoms with van der Waals surface area (Å²) in [5.41, 5.74) is 9.76. The zero-order valence-electron chi connectivity index (χ0n) is 16.3. The fourth-order valence-electron chi connectivity index (χ4n) is 4.05. The molecule has 1 aliphatic carbocycles. The molecule has 1 aliphatic rings. The van der Waals surface area contributed by atoms with Gasteiger partial charge in [0.1, 0.15) is 0 Å². The zero-order valence-corrected chi connectivity index (χ0v) is 17.1. The van der Waals surface area contributed by atoms with E-state index in [0.29, 0.717) is 0 Å². The molecule has 0 aliphatic heterocycles. The Hall–Kier alpha value is -2.84. The average Bonchev–Trinajstić information content (AvgIpc) is 2.70. The molecule has 28 heavy (non-hydrogen) atoms. The van der Waals surface area contributed by atoms with E-state index in [0.717, 1.165) is 28.3 Å². The third kappa shape index (κ3) is 3.14. The molecule has 0 heterocycles. The van der Waals surface area contributed by atoms with E-state index in [-0.39, 0.29) is 6.04 Å². The van der Waals surface area contributed by atoms with Crippen LogP contribution in [-0.4, -0.2) is 0 Å². The number of allylic oxidation sites excluding steroid dienone is 1. The maximum Gasteiger partial charge on any atom is 0.0852 e. The summed E-state index contributed by atoms with van der Waals surface area (Å²) in [6.07, 6.45) is 0.935. The Kier molecular flexibility index (Phi) is 4.82. The van der Waals surface area contributed by atoms with Crippen LogP contribution in [0.2, 0.25) is 0 Å². The van der Waals surface area contributed by atoms with Crippen LogP contribution < -0.4 is 10.4 Å². The Balaban J connectivity index is 2.09. The maximum absolute atomic E-state index is 4.93. The van der Waals surface area contributed by atoms with Gasteiger partial charge < -0.3 is 0 Å². The highest BCUT2D eigenvalue weighted by molar-refractivity contribution is 7.47. The van der Waals surface area contributed by atoms with Gasteiger partial charge in [-0.05, 0) is 75.7 Å². The van der Waals surface area contributed by atoms with E-state index in [1.165, 1.54) is 33.0 Å². The molecule has 1 nitrogen and oxygen atoms in total. The van der Waals surface area contributed by atoms with Gasteiger partial charge in [0, 0.05) is 12.4 Å². The van der Waals surface area contributed by atoms with Crippen molar-refractivity contribution in [2.24, 2.45) is 4.36 Å². The number of hydrogen-bond donors (Lipinski definition) is 0. The summed E-state index contributed by atoms with van der Waals surface area (Å²) in [5.74, 6) is 0. The highest BCUT2D eigenvalue weighted by Crippen LogP contribution is 2.34. The summed E-state index contributed by atoms with van der Waals surface area (Å²) in [4.78, 5) is 0. The van der Waals surface area contributed by atoms with Crippen molar-refractivity contribution in [3.05, 3.63) is 111 Å². The van der Waals surface area contributed by atoms with E-state index in [1.54, 1.807) is 0 Å². The lowest BCUT2D eigenvalue weighted by atomic mass is 9.81. The summed E-state index contributed by atoms with van der Waals surface area (Å²) in [7, 11) is 0. The Morgan fingerprint density at radius 1 is 1.00 bits per heavy atom. The Morgan fingerprint density at radius 3 is 2.54 bits per heavy atom. The van der Waals surface area contributed by atoms with E-state index < -0.39 is 0 Å². The molecule has 0 saturated heterocycles. The van der Waals surface area contributed by atoms with Crippen LogP contribution in [-0.2, 0) is 18.8 Å². The molecule has 0 saturated carbocycles. The first-order valence-electron chi connectivity index (χ1n) is 9.52. The lowest BCUT2D eigenvalue weighted by Crippen LogP contribution is -2.23. The van der Waals surface area contributed by atoms with Gasteiger partial charge >= 0.3 is 0 Å².